The minimum Gasteiger partial charge on any atom is -0.345 e. The first kappa shape index (κ1) is 15.0. The molecule has 0 bridgehead atoms. The number of hydrogen-bond donors (Lipinski definition) is 2. The predicted molar refractivity (Wildman–Crippen MR) is 79.0 cm³/mol. The molecule has 6 heteroatoms. The number of amides is 3. The van der Waals surface area contributed by atoms with E-state index in [1.54, 1.807) is 30.1 Å². The number of nitrogens with one attached hydrogen (secondary N) is 2. The van der Waals surface area contributed by atoms with E-state index in [0.717, 1.165) is 11.3 Å². The van der Waals surface area contributed by atoms with Crippen LogP contribution in [0.15, 0.2) is 18.2 Å². The van der Waals surface area contributed by atoms with Gasteiger partial charge in [0.15, 0.2) is 0 Å². The molecule has 0 fully saturated rings. The maximum atomic E-state index is 12.0. The number of anilines is 1. The van der Waals surface area contributed by atoms with Crippen LogP contribution >= 0.6 is 0 Å². The number of benzene rings is 1. The van der Waals surface area contributed by atoms with Gasteiger partial charge in [-0.25, -0.2) is 0 Å². The third-order valence-corrected chi connectivity index (χ3v) is 3.56. The highest BCUT2D eigenvalue weighted by Gasteiger charge is 2.17. The van der Waals surface area contributed by atoms with Crippen LogP contribution in [-0.2, 0) is 16.0 Å². The maximum absolute atomic E-state index is 12.0. The van der Waals surface area contributed by atoms with Crippen molar-refractivity contribution >= 4 is 23.4 Å². The summed E-state index contributed by atoms with van der Waals surface area (Å²) in [6.07, 6.45) is 1.05. The van der Waals surface area contributed by atoms with Gasteiger partial charge in [0.2, 0.25) is 11.8 Å². The minimum absolute atomic E-state index is 0.00657. The Bertz CT molecular complexity index is 584. The van der Waals surface area contributed by atoms with E-state index in [1.165, 1.54) is 0 Å². The molecule has 0 saturated carbocycles. The Kier molecular flexibility index (Phi) is 4.57. The number of nitrogens with zero attached hydrogens (tertiary/aromatic N) is 1. The monoisotopic (exact) mass is 289 g/mol. The molecule has 21 heavy (non-hydrogen) atoms. The summed E-state index contributed by atoms with van der Waals surface area (Å²) in [6, 6.07) is 5.13. The second-order valence-electron chi connectivity index (χ2n) is 5.01. The fourth-order valence-electron chi connectivity index (χ4n) is 2.09. The SMILES string of the molecule is CCN(C)C(=O)CNC(=O)c1ccc2c(c1)CCC(=O)N2. The predicted octanol–water partition coefficient (Wildman–Crippen LogP) is 0.779. The molecule has 0 spiro atoms. The first-order valence-electron chi connectivity index (χ1n) is 6.96. The topological polar surface area (TPSA) is 78.5 Å². The molecule has 2 rings (SSSR count). The summed E-state index contributed by atoms with van der Waals surface area (Å²) in [5.74, 6) is -0.420. The smallest absolute Gasteiger partial charge is 0.251 e. The van der Waals surface area contributed by atoms with Gasteiger partial charge in [-0.1, -0.05) is 0 Å². The second-order valence-corrected chi connectivity index (χ2v) is 5.01. The zero-order valence-electron chi connectivity index (χ0n) is 12.2. The van der Waals surface area contributed by atoms with Crippen LogP contribution in [0.4, 0.5) is 5.69 Å². The minimum atomic E-state index is -0.285. The van der Waals surface area contributed by atoms with E-state index in [0.29, 0.717) is 24.9 Å². The van der Waals surface area contributed by atoms with Crippen molar-refractivity contribution < 1.29 is 14.4 Å². The Morgan fingerprint density at radius 1 is 1.33 bits per heavy atom. The quantitative estimate of drug-likeness (QED) is 0.859. The van der Waals surface area contributed by atoms with E-state index in [2.05, 4.69) is 10.6 Å². The van der Waals surface area contributed by atoms with Gasteiger partial charge in [-0.15, -0.1) is 0 Å². The van der Waals surface area contributed by atoms with Gasteiger partial charge in [0.25, 0.3) is 5.91 Å². The molecule has 1 heterocycles. The highest BCUT2D eigenvalue weighted by Crippen LogP contribution is 2.23. The number of hydrogen-bond acceptors (Lipinski definition) is 3. The van der Waals surface area contributed by atoms with Crippen molar-refractivity contribution in [2.75, 3.05) is 25.5 Å². The van der Waals surface area contributed by atoms with Crippen LogP contribution in [0, 0.1) is 0 Å². The molecule has 112 valence electrons. The van der Waals surface area contributed by atoms with Crippen LogP contribution < -0.4 is 10.6 Å². The highest BCUT2D eigenvalue weighted by molar-refractivity contribution is 5.99. The Hall–Kier alpha value is -2.37. The van der Waals surface area contributed by atoms with Crippen molar-refractivity contribution in [3.05, 3.63) is 29.3 Å². The first-order valence-corrected chi connectivity index (χ1v) is 6.96. The summed E-state index contributed by atoms with van der Waals surface area (Å²) in [7, 11) is 1.69. The van der Waals surface area contributed by atoms with Crippen molar-refractivity contribution in [2.24, 2.45) is 0 Å². The van der Waals surface area contributed by atoms with Gasteiger partial charge in [-0.05, 0) is 37.1 Å². The van der Waals surface area contributed by atoms with Gasteiger partial charge in [0.1, 0.15) is 0 Å². The Labute approximate surface area is 123 Å². The summed E-state index contributed by atoms with van der Waals surface area (Å²) in [5, 5.41) is 5.38. The lowest BCUT2D eigenvalue weighted by Crippen LogP contribution is -2.38. The molecule has 1 aromatic carbocycles. The van der Waals surface area contributed by atoms with E-state index in [1.807, 2.05) is 6.92 Å². The number of fused-ring (bicyclic) bond motifs is 1. The average Bonchev–Trinajstić information content (AvgIpc) is 2.50. The third kappa shape index (κ3) is 3.59. The zero-order valence-corrected chi connectivity index (χ0v) is 12.2. The lowest BCUT2D eigenvalue weighted by Gasteiger charge is -2.18. The van der Waals surface area contributed by atoms with Gasteiger partial charge >= 0.3 is 0 Å². The van der Waals surface area contributed by atoms with E-state index in [-0.39, 0.29) is 24.3 Å². The molecule has 0 saturated heterocycles. The van der Waals surface area contributed by atoms with Crippen molar-refractivity contribution in [3.8, 4) is 0 Å². The van der Waals surface area contributed by atoms with Crippen LogP contribution in [0.5, 0.6) is 0 Å². The Balaban J connectivity index is 2.00. The van der Waals surface area contributed by atoms with Crippen molar-refractivity contribution in [1.29, 1.82) is 0 Å². The van der Waals surface area contributed by atoms with Crippen LogP contribution in [0.25, 0.3) is 0 Å². The zero-order chi connectivity index (χ0) is 15.4. The van der Waals surface area contributed by atoms with Gasteiger partial charge in [0.05, 0.1) is 6.54 Å². The fourth-order valence-corrected chi connectivity index (χ4v) is 2.09. The average molecular weight is 289 g/mol. The molecule has 0 unspecified atom stereocenters. The van der Waals surface area contributed by atoms with Gasteiger partial charge < -0.3 is 15.5 Å². The number of carbonyl (C=O) groups excluding carboxylic acids is 3. The van der Waals surface area contributed by atoms with Crippen LogP contribution in [-0.4, -0.2) is 42.8 Å². The first-order chi connectivity index (χ1) is 10.0. The number of likely N-dealkylation sites (N-methyl/N-ethyl adjacent to an activating group) is 1. The van der Waals surface area contributed by atoms with Crippen molar-refractivity contribution in [2.45, 2.75) is 19.8 Å². The van der Waals surface area contributed by atoms with Crippen LogP contribution in [0.1, 0.15) is 29.3 Å². The van der Waals surface area contributed by atoms with Crippen molar-refractivity contribution in [3.63, 3.8) is 0 Å². The second kappa shape index (κ2) is 6.39. The fraction of sp³-hybridized carbons (Fsp3) is 0.400. The normalized spacial score (nSPS) is 13.1. The van der Waals surface area contributed by atoms with Crippen LogP contribution in [0.2, 0.25) is 0 Å². The number of rotatable bonds is 4. The summed E-state index contributed by atoms with van der Waals surface area (Å²) in [6.45, 7) is 2.46. The molecule has 0 radical (unpaired) electrons. The van der Waals surface area contributed by atoms with E-state index >= 15 is 0 Å². The summed E-state index contributed by atoms with van der Waals surface area (Å²) in [4.78, 5) is 36.5. The van der Waals surface area contributed by atoms with Crippen molar-refractivity contribution in [1.82, 2.24) is 10.2 Å². The summed E-state index contributed by atoms with van der Waals surface area (Å²) >= 11 is 0. The highest BCUT2D eigenvalue weighted by atomic mass is 16.2. The molecular formula is C15H19N3O3. The molecule has 0 atom stereocenters. The number of carbonyl (C=O) groups is 3. The third-order valence-electron chi connectivity index (χ3n) is 3.56. The molecular weight excluding hydrogens is 270 g/mol. The maximum Gasteiger partial charge on any atom is 0.251 e. The molecule has 0 aromatic heterocycles. The van der Waals surface area contributed by atoms with E-state index in [9.17, 15) is 14.4 Å². The summed E-state index contributed by atoms with van der Waals surface area (Å²) < 4.78 is 0. The molecule has 1 aliphatic rings. The molecule has 1 aliphatic heterocycles. The van der Waals surface area contributed by atoms with E-state index in [4.69, 9.17) is 0 Å². The van der Waals surface area contributed by atoms with Crippen LogP contribution in [0.3, 0.4) is 0 Å². The summed E-state index contributed by atoms with van der Waals surface area (Å²) in [5.41, 5.74) is 2.20. The molecule has 0 aliphatic carbocycles. The lowest BCUT2D eigenvalue weighted by atomic mass is 10.00. The molecule has 6 nitrogen and oxygen atoms in total. The lowest BCUT2D eigenvalue weighted by molar-refractivity contribution is -0.128. The molecule has 2 N–H and O–H groups in total. The molecule has 1 aromatic rings. The Morgan fingerprint density at radius 2 is 2.10 bits per heavy atom. The van der Waals surface area contributed by atoms with E-state index < -0.39 is 0 Å². The standard InChI is InChI=1S/C15H19N3O3/c1-3-18(2)14(20)9-16-15(21)11-4-6-12-10(8-11)5-7-13(19)17-12/h4,6,8H,3,5,7,9H2,1-2H3,(H,16,21)(H,17,19). The van der Waals surface area contributed by atoms with Gasteiger partial charge in [0, 0.05) is 31.3 Å². The van der Waals surface area contributed by atoms with Gasteiger partial charge in [-0.3, -0.25) is 14.4 Å². The number of aryl methyl sites for hydroxylation is 1. The Morgan fingerprint density at radius 3 is 2.81 bits per heavy atom. The van der Waals surface area contributed by atoms with Gasteiger partial charge in [-0.2, -0.15) is 0 Å². The largest absolute Gasteiger partial charge is 0.345 e. The molecule has 3 amide bonds.